The third kappa shape index (κ3) is 6.09. The second-order valence-electron chi connectivity index (χ2n) is 6.76. The molecule has 29 heavy (non-hydrogen) atoms. The summed E-state index contributed by atoms with van der Waals surface area (Å²) in [4.78, 5) is 16.6. The monoisotopic (exact) mass is 391 g/mol. The molecule has 0 radical (unpaired) electrons. The molecule has 1 heterocycles. The van der Waals surface area contributed by atoms with Crippen molar-refractivity contribution < 1.29 is 14.3 Å². The van der Waals surface area contributed by atoms with Crippen molar-refractivity contribution in [3.8, 4) is 17.6 Å². The molecule has 3 rings (SSSR count). The molecule has 1 saturated heterocycles. The molecule has 0 bridgehead atoms. The van der Waals surface area contributed by atoms with E-state index < -0.39 is 0 Å². The summed E-state index contributed by atoms with van der Waals surface area (Å²) in [6.45, 7) is 4.52. The zero-order valence-corrected chi connectivity index (χ0v) is 16.6. The molecule has 6 nitrogen and oxygen atoms in total. The van der Waals surface area contributed by atoms with Crippen molar-refractivity contribution in [1.82, 2.24) is 9.80 Å². The summed E-state index contributed by atoms with van der Waals surface area (Å²) < 4.78 is 10.9. The van der Waals surface area contributed by atoms with Gasteiger partial charge in [-0.25, -0.2) is 0 Å². The first-order valence-corrected chi connectivity index (χ1v) is 9.64. The molecule has 6 heteroatoms. The number of hydrogen-bond acceptors (Lipinski definition) is 5. The Labute approximate surface area is 171 Å². The van der Waals surface area contributed by atoms with E-state index in [1.54, 1.807) is 31.4 Å². The van der Waals surface area contributed by atoms with Crippen LogP contribution >= 0.6 is 0 Å². The van der Waals surface area contributed by atoms with Gasteiger partial charge < -0.3 is 14.4 Å². The number of ether oxygens (including phenoxy) is 2. The van der Waals surface area contributed by atoms with Crippen LogP contribution in [-0.2, 0) is 4.79 Å². The summed E-state index contributed by atoms with van der Waals surface area (Å²) in [7, 11) is 1.64. The van der Waals surface area contributed by atoms with E-state index in [0.29, 0.717) is 25.3 Å². The number of piperazine rings is 1. The minimum absolute atomic E-state index is 0.0171. The number of benzene rings is 2. The van der Waals surface area contributed by atoms with Crippen molar-refractivity contribution in [3.63, 3.8) is 0 Å². The van der Waals surface area contributed by atoms with Crippen molar-refractivity contribution in [3.05, 3.63) is 65.7 Å². The highest BCUT2D eigenvalue weighted by atomic mass is 16.5. The Morgan fingerprint density at radius 3 is 2.31 bits per heavy atom. The summed E-state index contributed by atoms with van der Waals surface area (Å²) in [5.74, 6) is 1.66. The summed E-state index contributed by atoms with van der Waals surface area (Å²) >= 11 is 0. The predicted octanol–water partition coefficient (Wildman–Crippen LogP) is 2.80. The van der Waals surface area contributed by atoms with Crippen LogP contribution < -0.4 is 9.47 Å². The van der Waals surface area contributed by atoms with Crippen LogP contribution in [-0.4, -0.2) is 62.1 Å². The van der Waals surface area contributed by atoms with Crippen molar-refractivity contribution >= 4 is 12.0 Å². The molecule has 2 aromatic carbocycles. The molecule has 0 unspecified atom stereocenters. The summed E-state index contributed by atoms with van der Waals surface area (Å²) in [5.41, 5.74) is 1.52. The quantitative estimate of drug-likeness (QED) is 0.679. The molecule has 1 aliphatic rings. The van der Waals surface area contributed by atoms with Gasteiger partial charge in [0.05, 0.1) is 18.7 Å². The fourth-order valence-corrected chi connectivity index (χ4v) is 3.10. The predicted molar refractivity (Wildman–Crippen MR) is 112 cm³/mol. The van der Waals surface area contributed by atoms with Gasteiger partial charge in [0, 0.05) is 38.8 Å². The standard InChI is InChI=1S/C23H25N3O3/c1-28-21-7-9-22(10-8-21)29-17-16-25-12-14-26(15-13-25)23(27)11-6-19-2-4-20(18-24)5-3-19/h2-11H,12-17H2,1H3. The number of hydrogen-bond donors (Lipinski definition) is 0. The lowest BCUT2D eigenvalue weighted by Gasteiger charge is -2.34. The average Bonchev–Trinajstić information content (AvgIpc) is 2.78. The average molecular weight is 391 g/mol. The Morgan fingerprint density at radius 2 is 1.69 bits per heavy atom. The molecule has 1 aliphatic heterocycles. The first kappa shape index (κ1) is 20.4. The minimum Gasteiger partial charge on any atom is -0.497 e. The van der Waals surface area contributed by atoms with Crippen molar-refractivity contribution in [2.75, 3.05) is 46.4 Å². The molecule has 0 saturated carbocycles. The smallest absolute Gasteiger partial charge is 0.246 e. The fourth-order valence-electron chi connectivity index (χ4n) is 3.10. The first-order valence-electron chi connectivity index (χ1n) is 9.64. The SMILES string of the molecule is COc1ccc(OCCN2CCN(C(=O)C=Cc3ccc(C#N)cc3)CC2)cc1. The summed E-state index contributed by atoms with van der Waals surface area (Å²) in [6, 6.07) is 16.8. The van der Waals surface area contributed by atoms with Crippen molar-refractivity contribution in [1.29, 1.82) is 5.26 Å². The molecule has 0 atom stereocenters. The second kappa shape index (κ2) is 10.3. The zero-order valence-electron chi connectivity index (χ0n) is 16.6. The van der Waals surface area contributed by atoms with E-state index in [0.717, 1.165) is 36.7 Å². The number of carbonyl (C=O) groups is 1. The molecule has 0 aliphatic carbocycles. The van der Waals surface area contributed by atoms with Gasteiger partial charge >= 0.3 is 0 Å². The maximum Gasteiger partial charge on any atom is 0.246 e. The van der Waals surface area contributed by atoms with Gasteiger partial charge in [-0.2, -0.15) is 5.26 Å². The van der Waals surface area contributed by atoms with Gasteiger partial charge in [0.2, 0.25) is 5.91 Å². The topological polar surface area (TPSA) is 65.8 Å². The minimum atomic E-state index is 0.0171. The van der Waals surface area contributed by atoms with Gasteiger partial charge in [0.25, 0.3) is 0 Å². The molecule has 2 aromatic rings. The van der Waals surface area contributed by atoms with Crippen LogP contribution in [0.3, 0.4) is 0 Å². The van der Waals surface area contributed by atoms with Gasteiger partial charge in [0.15, 0.2) is 0 Å². The molecule has 0 spiro atoms. The molecular formula is C23H25N3O3. The highest BCUT2D eigenvalue weighted by Crippen LogP contribution is 2.17. The van der Waals surface area contributed by atoms with Gasteiger partial charge in [-0.1, -0.05) is 12.1 Å². The van der Waals surface area contributed by atoms with Crippen LogP contribution in [0.2, 0.25) is 0 Å². The van der Waals surface area contributed by atoms with Crippen LogP contribution in [0, 0.1) is 11.3 Å². The number of amides is 1. The van der Waals surface area contributed by atoms with Crippen molar-refractivity contribution in [2.24, 2.45) is 0 Å². The third-order valence-corrected chi connectivity index (χ3v) is 4.88. The molecule has 0 N–H and O–H groups in total. The maximum atomic E-state index is 12.4. The maximum absolute atomic E-state index is 12.4. The van der Waals surface area contributed by atoms with E-state index in [1.807, 2.05) is 41.3 Å². The van der Waals surface area contributed by atoms with E-state index in [4.69, 9.17) is 14.7 Å². The van der Waals surface area contributed by atoms with Gasteiger partial charge in [0.1, 0.15) is 18.1 Å². The van der Waals surface area contributed by atoms with Crippen LogP contribution in [0.15, 0.2) is 54.6 Å². The van der Waals surface area contributed by atoms with E-state index in [-0.39, 0.29) is 5.91 Å². The number of carbonyl (C=O) groups excluding carboxylic acids is 1. The van der Waals surface area contributed by atoms with E-state index in [2.05, 4.69) is 11.0 Å². The molecular weight excluding hydrogens is 366 g/mol. The highest BCUT2D eigenvalue weighted by Gasteiger charge is 2.19. The lowest BCUT2D eigenvalue weighted by molar-refractivity contribution is -0.127. The van der Waals surface area contributed by atoms with Gasteiger partial charge in [-0.05, 0) is 48.0 Å². The lowest BCUT2D eigenvalue weighted by atomic mass is 10.1. The molecule has 0 aromatic heterocycles. The Kier molecular flexibility index (Phi) is 7.26. The Morgan fingerprint density at radius 1 is 1.03 bits per heavy atom. The Bertz CT molecular complexity index is 862. The number of nitriles is 1. The van der Waals surface area contributed by atoms with Gasteiger partial charge in [-0.15, -0.1) is 0 Å². The Balaban J connectivity index is 1.38. The van der Waals surface area contributed by atoms with Crippen LogP contribution in [0.1, 0.15) is 11.1 Å². The zero-order chi connectivity index (χ0) is 20.5. The van der Waals surface area contributed by atoms with Crippen LogP contribution in [0.25, 0.3) is 6.08 Å². The molecule has 1 fully saturated rings. The third-order valence-electron chi connectivity index (χ3n) is 4.88. The lowest BCUT2D eigenvalue weighted by Crippen LogP contribution is -2.49. The summed E-state index contributed by atoms with van der Waals surface area (Å²) in [5, 5.41) is 8.82. The molecule has 1 amide bonds. The number of nitrogens with zero attached hydrogens (tertiary/aromatic N) is 3. The van der Waals surface area contributed by atoms with Crippen LogP contribution in [0.4, 0.5) is 0 Å². The first-order chi connectivity index (χ1) is 14.2. The number of methoxy groups -OCH3 is 1. The van der Waals surface area contributed by atoms with Crippen molar-refractivity contribution in [2.45, 2.75) is 0 Å². The highest BCUT2D eigenvalue weighted by molar-refractivity contribution is 5.91. The summed E-state index contributed by atoms with van der Waals surface area (Å²) in [6.07, 6.45) is 3.39. The molecule has 150 valence electrons. The van der Waals surface area contributed by atoms with E-state index in [1.165, 1.54) is 0 Å². The largest absolute Gasteiger partial charge is 0.497 e. The fraction of sp³-hybridized carbons (Fsp3) is 0.304. The number of rotatable bonds is 7. The van der Waals surface area contributed by atoms with E-state index in [9.17, 15) is 4.79 Å². The second-order valence-corrected chi connectivity index (χ2v) is 6.76. The Hall–Kier alpha value is -3.30. The van der Waals surface area contributed by atoms with Gasteiger partial charge in [-0.3, -0.25) is 9.69 Å². The van der Waals surface area contributed by atoms with E-state index >= 15 is 0 Å². The normalized spacial score (nSPS) is 14.6. The van der Waals surface area contributed by atoms with Crippen LogP contribution in [0.5, 0.6) is 11.5 Å².